The molecule has 0 aliphatic heterocycles. The second-order valence-electron chi connectivity index (χ2n) is 1.49. The van der Waals surface area contributed by atoms with Crippen LogP contribution in [0.3, 0.4) is 0 Å². The van der Waals surface area contributed by atoms with Crippen molar-refractivity contribution in [3.8, 4) is 0 Å². The number of rotatable bonds is 3. The van der Waals surface area contributed by atoms with Crippen LogP contribution in [0.1, 0.15) is 6.42 Å². The van der Waals surface area contributed by atoms with Gasteiger partial charge in [0.25, 0.3) is 5.91 Å². The fourth-order valence-corrected chi connectivity index (χ4v) is 0.261. The molecule has 0 aromatic heterocycles. The Bertz CT molecular complexity index is 163. The Labute approximate surface area is 51.5 Å². The van der Waals surface area contributed by atoms with Crippen molar-refractivity contribution in [2.75, 3.05) is 0 Å². The lowest BCUT2D eigenvalue weighted by molar-refractivity contribution is -0.118. The van der Waals surface area contributed by atoms with Crippen molar-refractivity contribution in [3.63, 3.8) is 0 Å². The van der Waals surface area contributed by atoms with Crippen molar-refractivity contribution in [2.24, 2.45) is 11.5 Å². The molecule has 0 bridgehead atoms. The second-order valence-corrected chi connectivity index (χ2v) is 1.49. The van der Waals surface area contributed by atoms with E-state index >= 15 is 0 Å². The van der Waals surface area contributed by atoms with E-state index in [1.54, 1.807) is 0 Å². The maximum absolute atomic E-state index is 10.0. The van der Waals surface area contributed by atoms with E-state index in [4.69, 9.17) is 5.41 Å². The minimum absolute atomic E-state index is 0.380. The van der Waals surface area contributed by atoms with Crippen molar-refractivity contribution in [3.05, 3.63) is 0 Å². The van der Waals surface area contributed by atoms with Crippen LogP contribution in [0.2, 0.25) is 0 Å². The van der Waals surface area contributed by atoms with Gasteiger partial charge in [-0.25, -0.2) is 0 Å². The summed E-state index contributed by atoms with van der Waals surface area (Å²) < 4.78 is 0. The predicted octanol–water partition coefficient (Wildman–Crippen LogP) is -1.63. The van der Waals surface area contributed by atoms with Crippen LogP contribution in [0.5, 0.6) is 0 Å². The third-order valence-electron chi connectivity index (χ3n) is 0.648. The number of nitrogens with one attached hydrogen (secondary N) is 1. The third-order valence-corrected chi connectivity index (χ3v) is 0.648. The largest absolute Gasteiger partial charge is 0.369 e. The molecule has 2 amide bonds. The number of hydrogen-bond acceptors (Lipinski definition) is 3. The van der Waals surface area contributed by atoms with Gasteiger partial charge < -0.3 is 11.5 Å². The lowest BCUT2D eigenvalue weighted by atomic mass is 10.2. The van der Waals surface area contributed by atoms with Gasteiger partial charge in [0.15, 0.2) is 0 Å². The summed E-state index contributed by atoms with van der Waals surface area (Å²) in [6, 6.07) is 0. The Kier molecular flexibility index (Phi) is 2.37. The van der Waals surface area contributed by atoms with Gasteiger partial charge in [-0.15, -0.1) is 0 Å². The van der Waals surface area contributed by atoms with E-state index in [0.29, 0.717) is 0 Å². The smallest absolute Gasteiger partial charge is 0.262 e. The normalized spacial score (nSPS) is 8.44. The standard InChI is InChI=1S/C4H7N3O2/c5-2(4(7)9)1-3(6)8/h5H,1H2,(H2,6,8)(H2,7,9). The summed E-state index contributed by atoms with van der Waals surface area (Å²) in [7, 11) is 0. The minimum atomic E-state index is -0.909. The lowest BCUT2D eigenvalue weighted by Crippen LogP contribution is -2.27. The minimum Gasteiger partial charge on any atom is -0.369 e. The molecule has 0 atom stereocenters. The molecule has 9 heavy (non-hydrogen) atoms. The summed E-state index contributed by atoms with van der Waals surface area (Å²) in [6.07, 6.45) is -0.380. The van der Waals surface area contributed by atoms with E-state index in [0.717, 1.165) is 0 Å². The van der Waals surface area contributed by atoms with Crippen molar-refractivity contribution in [2.45, 2.75) is 6.42 Å². The van der Waals surface area contributed by atoms with Gasteiger partial charge in [-0.2, -0.15) is 0 Å². The van der Waals surface area contributed by atoms with E-state index in [-0.39, 0.29) is 6.42 Å². The summed E-state index contributed by atoms with van der Waals surface area (Å²) in [5.41, 5.74) is 8.80. The summed E-state index contributed by atoms with van der Waals surface area (Å²) in [5.74, 6) is -1.63. The first-order valence-corrected chi connectivity index (χ1v) is 2.19. The highest BCUT2D eigenvalue weighted by Gasteiger charge is 2.06. The van der Waals surface area contributed by atoms with Crippen LogP contribution in [-0.2, 0) is 9.59 Å². The number of carbonyl (C=O) groups excluding carboxylic acids is 2. The van der Waals surface area contributed by atoms with E-state index < -0.39 is 17.5 Å². The second kappa shape index (κ2) is 2.81. The Hall–Kier alpha value is -1.39. The summed E-state index contributed by atoms with van der Waals surface area (Å²) in [5, 5.41) is 6.70. The summed E-state index contributed by atoms with van der Waals surface area (Å²) >= 11 is 0. The van der Waals surface area contributed by atoms with Crippen LogP contribution in [0.4, 0.5) is 0 Å². The van der Waals surface area contributed by atoms with E-state index in [9.17, 15) is 9.59 Å². The zero-order chi connectivity index (χ0) is 7.44. The topological polar surface area (TPSA) is 110 Å². The molecular weight excluding hydrogens is 122 g/mol. The van der Waals surface area contributed by atoms with Gasteiger partial charge in [-0.1, -0.05) is 0 Å². The molecule has 5 heteroatoms. The van der Waals surface area contributed by atoms with Crippen molar-refractivity contribution in [1.82, 2.24) is 0 Å². The van der Waals surface area contributed by atoms with Crippen molar-refractivity contribution in [1.29, 1.82) is 5.41 Å². The van der Waals surface area contributed by atoms with Crippen LogP contribution in [0.15, 0.2) is 0 Å². The zero-order valence-corrected chi connectivity index (χ0v) is 4.68. The molecule has 5 nitrogen and oxygen atoms in total. The van der Waals surface area contributed by atoms with Gasteiger partial charge >= 0.3 is 0 Å². The number of hydrogen-bond donors (Lipinski definition) is 3. The Morgan fingerprint density at radius 3 is 1.89 bits per heavy atom. The monoisotopic (exact) mass is 129 g/mol. The van der Waals surface area contributed by atoms with Gasteiger partial charge in [0.1, 0.15) is 5.71 Å². The molecule has 0 aromatic rings. The zero-order valence-electron chi connectivity index (χ0n) is 4.68. The average Bonchev–Trinajstić information content (AvgIpc) is 1.63. The van der Waals surface area contributed by atoms with Gasteiger partial charge in [0.05, 0.1) is 6.42 Å². The molecule has 0 aliphatic carbocycles. The van der Waals surface area contributed by atoms with Crippen LogP contribution >= 0.6 is 0 Å². The highest BCUT2D eigenvalue weighted by atomic mass is 16.2. The van der Waals surface area contributed by atoms with Crippen LogP contribution in [0.25, 0.3) is 0 Å². The fourth-order valence-electron chi connectivity index (χ4n) is 0.261. The number of primary amides is 2. The molecule has 0 saturated carbocycles. The van der Waals surface area contributed by atoms with Crippen LogP contribution in [-0.4, -0.2) is 17.5 Å². The van der Waals surface area contributed by atoms with Gasteiger partial charge in [-0.3, -0.25) is 15.0 Å². The van der Waals surface area contributed by atoms with Gasteiger partial charge in [-0.05, 0) is 0 Å². The highest BCUT2D eigenvalue weighted by molar-refractivity contribution is 6.39. The van der Waals surface area contributed by atoms with Crippen molar-refractivity contribution < 1.29 is 9.59 Å². The molecule has 0 aliphatic rings. The summed E-state index contributed by atoms with van der Waals surface area (Å²) in [4.78, 5) is 20.0. The predicted molar refractivity (Wildman–Crippen MR) is 30.7 cm³/mol. The molecule has 0 spiro atoms. The molecular formula is C4H7N3O2. The molecule has 0 heterocycles. The average molecular weight is 129 g/mol. The first-order chi connectivity index (χ1) is 4.04. The lowest BCUT2D eigenvalue weighted by Gasteiger charge is -1.91. The number of amides is 2. The maximum Gasteiger partial charge on any atom is 0.262 e. The van der Waals surface area contributed by atoms with Gasteiger partial charge in [0, 0.05) is 0 Å². The van der Waals surface area contributed by atoms with Crippen molar-refractivity contribution >= 4 is 17.5 Å². The van der Waals surface area contributed by atoms with E-state index in [1.807, 2.05) is 0 Å². The quantitative estimate of drug-likeness (QED) is 0.397. The Morgan fingerprint density at radius 1 is 1.33 bits per heavy atom. The molecule has 0 aromatic carbocycles. The Morgan fingerprint density at radius 2 is 1.78 bits per heavy atom. The van der Waals surface area contributed by atoms with E-state index in [1.165, 1.54) is 0 Å². The van der Waals surface area contributed by atoms with E-state index in [2.05, 4.69) is 11.5 Å². The molecule has 0 fully saturated rings. The maximum atomic E-state index is 10.0. The van der Waals surface area contributed by atoms with Crippen LogP contribution < -0.4 is 11.5 Å². The molecule has 5 N–H and O–H groups in total. The molecule has 0 radical (unpaired) electrons. The molecule has 0 unspecified atom stereocenters. The third kappa shape index (κ3) is 3.22. The Balaban J connectivity index is 3.79. The van der Waals surface area contributed by atoms with Crippen LogP contribution in [0, 0.1) is 5.41 Å². The fraction of sp³-hybridized carbons (Fsp3) is 0.250. The first-order valence-electron chi connectivity index (χ1n) is 2.19. The molecule has 50 valence electrons. The number of nitrogens with two attached hydrogens (primary N) is 2. The molecule has 0 saturated heterocycles. The summed E-state index contributed by atoms with van der Waals surface area (Å²) in [6.45, 7) is 0. The molecule has 0 rings (SSSR count). The van der Waals surface area contributed by atoms with Gasteiger partial charge in [0.2, 0.25) is 5.91 Å². The number of carbonyl (C=O) groups is 2. The first kappa shape index (κ1) is 7.61. The highest BCUT2D eigenvalue weighted by Crippen LogP contribution is 1.78. The SMILES string of the molecule is N=C(CC(N)=O)C(N)=O.